The number of hydrogen-bond donors (Lipinski definition) is 2. The Balaban J connectivity index is 1.90. The molecule has 1 heterocycles. The van der Waals surface area contributed by atoms with Gasteiger partial charge in [-0.2, -0.15) is 4.37 Å². The van der Waals surface area contributed by atoms with Crippen LogP contribution in [0.3, 0.4) is 0 Å². The van der Waals surface area contributed by atoms with Crippen LogP contribution in [0.4, 0.5) is 9.52 Å². The van der Waals surface area contributed by atoms with E-state index in [0.29, 0.717) is 18.5 Å². The molecule has 3 N–H and O–H groups in total. The van der Waals surface area contributed by atoms with Crippen molar-refractivity contribution in [2.24, 2.45) is 5.73 Å². The van der Waals surface area contributed by atoms with Gasteiger partial charge in [0, 0.05) is 24.5 Å². The lowest BCUT2D eigenvalue weighted by Gasteiger charge is -2.01. The van der Waals surface area contributed by atoms with Crippen LogP contribution < -0.4 is 11.1 Å². The number of benzene rings is 1. The molecule has 0 aliphatic rings. The van der Waals surface area contributed by atoms with E-state index in [1.807, 2.05) is 6.07 Å². The van der Waals surface area contributed by atoms with Crippen molar-refractivity contribution in [3.63, 3.8) is 0 Å². The summed E-state index contributed by atoms with van der Waals surface area (Å²) in [6.07, 6.45) is 2.66. The largest absolute Gasteiger partial charge is 0.360 e. The summed E-state index contributed by atoms with van der Waals surface area (Å²) in [5.74, 6) is 0.588. The Kier molecular flexibility index (Phi) is 5.43. The quantitative estimate of drug-likeness (QED) is 0.771. The Hall–Kier alpha value is -1.53. The van der Waals surface area contributed by atoms with Crippen LogP contribution in [0.5, 0.6) is 0 Å². The first-order valence-corrected chi connectivity index (χ1v) is 7.48. The number of halogens is 1. The van der Waals surface area contributed by atoms with E-state index in [1.54, 1.807) is 13.0 Å². The SMILES string of the molecule is Cc1cc(Cc2nsc(NCCCCN)n2)ccc1F. The smallest absolute Gasteiger partial charge is 0.202 e. The monoisotopic (exact) mass is 294 g/mol. The van der Waals surface area contributed by atoms with Crippen molar-refractivity contribution in [2.45, 2.75) is 26.2 Å². The van der Waals surface area contributed by atoms with Gasteiger partial charge in [-0.3, -0.25) is 0 Å². The molecular weight excluding hydrogens is 275 g/mol. The molecule has 1 aromatic carbocycles. The molecule has 0 aliphatic carbocycles. The molecule has 6 heteroatoms. The van der Waals surface area contributed by atoms with Gasteiger partial charge in [0.15, 0.2) is 0 Å². The Morgan fingerprint density at radius 1 is 1.35 bits per heavy atom. The van der Waals surface area contributed by atoms with E-state index in [0.717, 1.165) is 35.9 Å². The molecule has 0 fully saturated rings. The highest BCUT2D eigenvalue weighted by Gasteiger charge is 2.06. The highest BCUT2D eigenvalue weighted by molar-refractivity contribution is 7.09. The van der Waals surface area contributed by atoms with Crippen molar-refractivity contribution >= 4 is 16.7 Å². The third-order valence-corrected chi connectivity index (χ3v) is 3.67. The summed E-state index contributed by atoms with van der Waals surface area (Å²) in [6, 6.07) is 5.10. The fraction of sp³-hybridized carbons (Fsp3) is 0.429. The van der Waals surface area contributed by atoms with E-state index >= 15 is 0 Å². The molecule has 0 unspecified atom stereocenters. The van der Waals surface area contributed by atoms with Gasteiger partial charge in [-0.25, -0.2) is 9.37 Å². The number of anilines is 1. The molecule has 2 rings (SSSR count). The molecule has 108 valence electrons. The first kappa shape index (κ1) is 14.9. The van der Waals surface area contributed by atoms with E-state index in [1.165, 1.54) is 17.6 Å². The summed E-state index contributed by atoms with van der Waals surface area (Å²) in [4.78, 5) is 4.43. The maximum atomic E-state index is 13.2. The van der Waals surface area contributed by atoms with Gasteiger partial charge in [-0.15, -0.1) is 0 Å². The second-order valence-electron chi connectivity index (χ2n) is 4.70. The minimum atomic E-state index is -0.178. The number of hydrogen-bond acceptors (Lipinski definition) is 5. The average molecular weight is 294 g/mol. The van der Waals surface area contributed by atoms with Crippen LogP contribution in [0.25, 0.3) is 0 Å². The van der Waals surface area contributed by atoms with Gasteiger partial charge in [0.1, 0.15) is 11.6 Å². The Labute approximate surface area is 122 Å². The van der Waals surface area contributed by atoms with Crippen LogP contribution >= 0.6 is 11.5 Å². The van der Waals surface area contributed by atoms with E-state index < -0.39 is 0 Å². The summed E-state index contributed by atoms with van der Waals surface area (Å²) in [5.41, 5.74) is 7.12. The molecular formula is C14H19FN4S. The number of rotatable bonds is 7. The lowest BCUT2D eigenvalue weighted by molar-refractivity contribution is 0.617. The highest BCUT2D eigenvalue weighted by Crippen LogP contribution is 2.16. The zero-order valence-electron chi connectivity index (χ0n) is 11.5. The zero-order valence-corrected chi connectivity index (χ0v) is 12.3. The van der Waals surface area contributed by atoms with Gasteiger partial charge in [0.25, 0.3) is 0 Å². The van der Waals surface area contributed by atoms with Crippen LogP contribution in [-0.2, 0) is 6.42 Å². The zero-order chi connectivity index (χ0) is 14.4. The molecule has 0 bridgehead atoms. The maximum absolute atomic E-state index is 13.2. The van der Waals surface area contributed by atoms with Gasteiger partial charge in [-0.1, -0.05) is 12.1 Å². The van der Waals surface area contributed by atoms with Crippen molar-refractivity contribution < 1.29 is 4.39 Å². The third-order valence-electron chi connectivity index (χ3n) is 2.96. The lowest BCUT2D eigenvalue weighted by atomic mass is 10.1. The molecule has 4 nitrogen and oxygen atoms in total. The van der Waals surface area contributed by atoms with E-state index in [4.69, 9.17) is 5.73 Å². The first-order chi connectivity index (χ1) is 9.69. The summed E-state index contributed by atoms with van der Waals surface area (Å²) < 4.78 is 17.5. The highest BCUT2D eigenvalue weighted by atomic mass is 32.1. The van der Waals surface area contributed by atoms with E-state index in [9.17, 15) is 4.39 Å². The van der Waals surface area contributed by atoms with Crippen LogP contribution in [0.2, 0.25) is 0 Å². The molecule has 0 radical (unpaired) electrons. The fourth-order valence-electron chi connectivity index (χ4n) is 1.86. The minimum absolute atomic E-state index is 0.178. The summed E-state index contributed by atoms with van der Waals surface area (Å²) in [5, 5.41) is 4.06. The van der Waals surface area contributed by atoms with Crippen molar-refractivity contribution in [1.29, 1.82) is 0 Å². The number of aryl methyl sites for hydroxylation is 1. The number of unbranched alkanes of at least 4 members (excludes halogenated alkanes) is 1. The summed E-state index contributed by atoms with van der Waals surface area (Å²) in [6.45, 7) is 3.34. The topological polar surface area (TPSA) is 63.8 Å². The van der Waals surface area contributed by atoms with Gasteiger partial charge in [0.2, 0.25) is 5.13 Å². The molecule has 0 spiro atoms. The number of nitrogens with one attached hydrogen (secondary N) is 1. The molecule has 0 aliphatic heterocycles. The van der Waals surface area contributed by atoms with Crippen LogP contribution in [0.15, 0.2) is 18.2 Å². The van der Waals surface area contributed by atoms with Gasteiger partial charge < -0.3 is 11.1 Å². The third kappa shape index (κ3) is 4.25. The predicted octanol–water partition coefficient (Wildman–Crippen LogP) is 2.73. The van der Waals surface area contributed by atoms with E-state index in [2.05, 4.69) is 14.7 Å². The molecule has 0 amide bonds. The normalized spacial score (nSPS) is 10.8. The summed E-state index contributed by atoms with van der Waals surface area (Å²) in [7, 11) is 0. The maximum Gasteiger partial charge on any atom is 0.202 e. The Morgan fingerprint density at radius 3 is 2.95 bits per heavy atom. The second kappa shape index (κ2) is 7.31. The lowest BCUT2D eigenvalue weighted by Crippen LogP contribution is -2.05. The number of nitrogens with two attached hydrogens (primary N) is 1. The second-order valence-corrected chi connectivity index (χ2v) is 5.45. The summed E-state index contributed by atoms with van der Waals surface area (Å²) >= 11 is 1.36. The molecule has 0 atom stereocenters. The van der Waals surface area contributed by atoms with Crippen molar-refractivity contribution in [2.75, 3.05) is 18.4 Å². The number of aromatic nitrogens is 2. The molecule has 2 aromatic rings. The van der Waals surface area contributed by atoms with Crippen LogP contribution in [0, 0.1) is 12.7 Å². The first-order valence-electron chi connectivity index (χ1n) is 6.70. The van der Waals surface area contributed by atoms with Crippen molar-refractivity contribution in [1.82, 2.24) is 9.36 Å². The van der Waals surface area contributed by atoms with Crippen LogP contribution in [0.1, 0.15) is 29.8 Å². The Morgan fingerprint density at radius 2 is 2.20 bits per heavy atom. The van der Waals surface area contributed by atoms with Gasteiger partial charge in [0.05, 0.1) is 0 Å². The Bertz CT molecular complexity index is 556. The molecule has 20 heavy (non-hydrogen) atoms. The molecule has 1 aromatic heterocycles. The average Bonchev–Trinajstić information content (AvgIpc) is 2.87. The fourth-order valence-corrected chi connectivity index (χ4v) is 2.47. The van der Waals surface area contributed by atoms with E-state index in [-0.39, 0.29) is 5.82 Å². The standard InChI is InChI=1S/C14H19FN4S/c1-10-8-11(4-5-12(10)15)9-13-18-14(20-19-13)17-7-3-2-6-16/h4-5,8H,2-3,6-7,9,16H2,1H3,(H,17,18,19). The van der Waals surface area contributed by atoms with Gasteiger partial charge in [-0.05, 0) is 43.5 Å². The van der Waals surface area contributed by atoms with Gasteiger partial charge >= 0.3 is 0 Å². The molecule has 0 saturated carbocycles. The van der Waals surface area contributed by atoms with Crippen molar-refractivity contribution in [3.05, 3.63) is 41.0 Å². The molecule has 0 saturated heterocycles. The number of nitrogens with zero attached hydrogens (tertiary/aromatic N) is 2. The predicted molar refractivity (Wildman–Crippen MR) is 80.6 cm³/mol. The van der Waals surface area contributed by atoms with Crippen molar-refractivity contribution in [3.8, 4) is 0 Å². The minimum Gasteiger partial charge on any atom is -0.360 e. The van der Waals surface area contributed by atoms with Crippen LogP contribution in [-0.4, -0.2) is 22.4 Å².